The van der Waals surface area contributed by atoms with E-state index in [4.69, 9.17) is 4.74 Å². The highest BCUT2D eigenvalue weighted by molar-refractivity contribution is 5.85. The molecule has 1 aliphatic carbocycles. The Labute approximate surface area is 140 Å². The van der Waals surface area contributed by atoms with Crippen molar-refractivity contribution in [3.8, 4) is 0 Å². The van der Waals surface area contributed by atoms with Gasteiger partial charge in [0.1, 0.15) is 0 Å². The molecular weight excluding hydrogens is 300 g/mol. The zero-order valence-corrected chi connectivity index (χ0v) is 14.6. The second-order valence-corrected chi connectivity index (χ2v) is 7.21. The lowest BCUT2D eigenvalue weighted by Crippen LogP contribution is -2.44. The number of carbonyl (C=O) groups is 1. The van der Waals surface area contributed by atoms with E-state index in [-0.39, 0.29) is 18.4 Å². The first-order valence-corrected chi connectivity index (χ1v) is 8.83. The normalized spacial score (nSPS) is 32.1. The van der Waals surface area contributed by atoms with Crippen LogP contribution in [-0.4, -0.2) is 49.7 Å². The number of amides is 1. The molecule has 1 amide bonds. The van der Waals surface area contributed by atoms with Gasteiger partial charge in [0.25, 0.3) is 0 Å². The van der Waals surface area contributed by atoms with Crippen molar-refractivity contribution in [2.75, 3.05) is 26.8 Å². The van der Waals surface area contributed by atoms with Crippen LogP contribution in [0.1, 0.15) is 51.4 Å². The van der Waals surface area contributed by atoms with Crippen molar-refractivity contribution in [1.29, 1.82) is 0 Å². The van der Waals surface area contributed by atoms with Crippen LogP contribution < -0.4 is 5.32 Å². The topological polar surface area (TPSA) is 41.6 Å². The van der Waals surface area contributed by atoms with Gasteiger partial charge in [-0.25, -0.2) is 0 Å². The van der Waals surface area contributed by atoms with Gasteiger partial charge in [-0.1, -0.05) is 12.8 Å². The molecule has 1 N–H and O–H groups in total. The van der Waals surface area contributed by atoms with Crippen LogP contribution >= 0.6 is 12.4 Å². The van der Waals surface area contributed by atoms with Gasteiger partial charge < -0.3 is 15.0 Å². The van der Waals surface area contributed by atoms with Crippen molar-refractivity contribution in [1.82, 2.24) is 10.2 Å². The highest BCUT2D eigenvalue weighted by atomic mass is 35.5. The molecule has 0 aromatic heterocycles. The lowest BCUT2D eigenvalue weighted by Gasteiger charge is -2.26. The minimum atomic E-state index is 0. The van der Waals surface area contributed by atoms with Gasteiger partial charge >= 0.3 is 0 Å². The zero-order chi connectivity index (χ0) is 14.7. The van der Waals surface area contributed by atoms with Crippen LogP contribution in [0.4, 0.5) is 0 Å². The first-order chi connectivity index (χ1) is 10.2. The molecule has 2 heterocycles. The Hall–Kier alpha value is -0.320. The number of nitrogens with zero attached hydrogens (tertiary/aromatic N) is 1. The molecule has 2 saturated heterocycles. The number of ether oxygens (including phenoxy) is 1. The summed E-state index contributed by atoms with van der Waals surface area (Å²) in [5.74, 6) is 1.81. The molecule has 3 rings (SSSR count). The number of carbonyl (C=O) groups excluding carboxylic acids is 1. The van der Waals surface area contributed by atoms with E-state index in [0.717, 1.165) is 57.3 Å². The summed E-state index contributed by atoms with van der Waals surface area (Å²) in [6, 6.07) is 0.689. The fourth-order valence-corrected chi connectivity index (χ4v) is 4.30. The average molecular weight is 331 g/mol. The molecule has 128 valence electrons. The van der Waals surface area contributed by atoms with Crippen LogP contribution in [0.3, 0.4) is 0 Å². The van der Waals surface area contributed by atoms with Crippen LogP contribution in [-0.2, 0) is 9.53 Å². The van der Waals surface area contributed by atoms with Gasteiger partial charge in [-0.2, -0.15) is 0 Å². The molecule has 0 radical (unpaired) electrons. The molecule has 0 aromatic rings. The summed E-state index contributed by atoms with van der Waals surface area (Å²) in [5.41, 5.74) is 0. The zero-order valence-electron chi connectivity index (χ0n) is 13.8. The Morgan fingerprint density at radius 3 is 2.64 bits per heavy atom. The van der Waals surface area contributed by atoms with Crippen LogP contribution in [0.25, 0.3) is 0 Å². The smallest absolute Gasteiger partial charge is 0.239 e. The number of halogens is 1. The first kappa shape index (κ1) is 18.0. The minimum absolute atomic E-state index is 0. The van der Waals surface area contributed by atoms with Gasteiger partial charge in [-0.15, -0.1) is 12.4 Å². The maximum Gasteiger partial charge on any atom is 0.239 e. The summed E-state index contributed by atoms with van der Waals surface area (Å²) in [6.45, 7) is 2.70. The van der Waals surface area contributed by atoms with E-state index in [9.17, 15) is 4.79 Å². The van der Waals surface area contributed by atoms with Gasteiger partial charge in [0.2, 0.25) is 5.91 Å². The predicted molar refractivity (Wildman–Crippen MR) is 90.3 cm³/mol. The molecule has 0 aromatic carbocycles. The Kier molecular flexibility index (Phi) is 6.97. The van der Waals surface area contributed by atoms with E-state index in [1.807, 2.05) is 11.9 Å². The summed E-state index contributed by atoms with van der Waals surface area (Å²) in [6.07, 6.45) is 9.77. The number of fused-ring (bicyclic) bond motifs is 1. The third-order valence-electron chi connectivity index (χ3n) is 5.75. The Morgan fingerprint density at radius 2 is 1.91 bits per heavy atom. The second-order valence-electron chi connectivity index (χ2n) is 7.21. The van der Waals surface area contributed by atoms with Crippen LogP contribution in [0.2, 0.25) is 0 Å². The first-order valence-electron chi connectivity index (χ1n) is 8.83. The summed E-state index contributed by atoms with van der Waals surface area (Å²) in [7, 11) is 1.98. The lowest BCUT2D eigenvalue weighted by molar-refractivity contribution is -0.132. The maximum atomic E-state index is 12.6. The van der Waals surface area contributed by atoms with E-state index in [0.29, 0.717) is 11.9 Å². The Morgan fingerprint density at radius 1 is 1.18 bits per heavy atom. The van der Waals surface area contributed by atoms with Crippen molar-refractivity contribution < 1.29 is 9.53 Å². The van der Waals surface area contributed by atoms with Crippen LogP contribution in [0.15, 0.2) is 0 Å². The lowest BCUT2D eigenvalue weighted by atomic mass is 9.85. The number of hydrogen-bond donors (Lipinski definition) is 1. The summed E-state index contributed by atoms with van der Waals surface area (Å²) < 4.78 is 5.40. The largest absolute Gasteiger partial charge is 0.381 e. The Balaban J connectivity index is 0.00000176. The minimum Gasteiger partial charge on any atom is -0.381 e. The van der Waals surface area contributed by atoms with E-state index >= 15 is 0 Å². The van der Waals surface area contributed by atoms with Crippen molar-refractivity contribution in [3.63, 3.8) is 0 Å². The van der Waals surface area contributed by atoms with Crippen LogP contribution in [0, 0.1) is 11.8 Å². The summed E-state index contributed by atoms with van der Waals surface area (Å²) in [5, 5.41) is 3.60. The van der Waals surface area contributed by atoms with Gasteiger partial charge in [0.05, 0.1) is 6.04 Å². The molecule has 3 aliphatic rings. The molecule has 2 aliphatic heterocycles. The fraction of sp³-hybridized carbons (Fsp3) is 0.941. The number of likely N-dealkylation sites (N-methyl/N-ethyl adjacent to an activating group) is 1. The molecule has 3 fully saturated rings. The van der Waals surface area contributed by atoms with Gasteiger partial charge in [0.15, 0.2) is 0 Å². The highest BCUT2D eigenvalue weighted by Crippen LogP contribution is 2.33. The van der Waals surface area contributed by atoms with Crippen LogP contribution in [0.5, 0.6) is 0 Å². The molecule has 1 saturated carbocycles. The standard InChI is InChI=1S/C17H30N2O2.ClH/c1-19(9-6-13-7-10-21-11-8-13)17(20)16-12-14-4-2-3-5-15(14)18-16;/h13-16,18H,2-12H2,1H3;1H. The summed E-state index contributed by atoms with van der Waals surface area (Å²) >= 11 is 0. The molecule has 22 heavy (non-hydrogen) atoms. The summed E-state index contributed by atoms with van der Waals surface area (Å²) in [4.78, 5) is 14.6. The number of rotatable bonds is 4. The molecule has 0 bridgehead atoms. The molecule has 5 heteroatoms. The highest BCUT2D eigenvalue weighted by Gasteiger charge is 2.39. The SMILES string of the molecule is CN(CCC1CCOCC1)C(=O)C1CC2CCCCC2N1.Cl. The van der Waals surface area contributed by atoms with Crippen molar-refractivity contribution >= 4 is 18.3 Å². The van der Waals surface area contributed by atoms with Gasteiger partial charge in [0, 0.05) is 32.8 Å². The monoisotopic (exact) mass is 330 g/mol. The van der Waals surface area contributed by atoms with Crippen molar-refractivity contribution in [3.05, 3.63) is 0 Å². The fourth-order valence-electron chi connectivity index (χ4n) is 4.30. The van der Waals surface area contributed by atoms with Gasteiger partial charge in [-0.3, -0.25) is 4.79 Å². The van der Waals surface area contributed by atoms with E-state index in [1.165, 1.54) is 25.7 Å². The molecule has 3 atom stereocenters. The molecule has 3 unspecified atom stereocenters. The van der Waals surface area contributed by atoms with Crippen molar-refractivity contribution in [2.45, 2.75) is 63.5 Å². The maximum absolute atomic E-state index is 12.6. The van der Waals surface area contributed by atoms with Crippen molar-refractivity contribution in [2.24, 2.45) is 11.8 Å². The predicted octanol–water partition coefficient (Wildman–Crippen LogP) is 2.60. The molecule has 0 spiro atoms. The van der Waals surface area contributed by atoms with E-state index in [1.54, 1.807) is 0 Å². The molecular formula is C17H31ClN2O2. The number of hydrogen-bond acceptors (Lipinski definition) is 3. The van der Waals surface area contributed by atoms with Gasteiger partial charge in [-0.05, 0) is 50.4 Å². The Bertz CT molecular complexity index is 347. The number of nitrogens with one attached hydrogen (secondary N) is 1. The average Bonchev–Trinajstić information content (AvgIpc) is 2.97. The third kappa shape index (κ3) is 4.36. The van der Waals surface area contributed by atoms with E-state index < -0.39 is 0 Å². The third-order valence-corrected chi connectivity index (χ3v) is 5.75. The second kappa shape index (κ2) is 8.51. The quantitative estimate of drug-likeness (QED) is 0.861. The van der Waals surface area contributed by atoms with E-state index in [2.05, 4.69) is 5.32 Å². The molecule has 4 nitrogen and oxygen atoms in total.